The molecule has 16 heavy (non-hydrogen) atoms. The molecule has 0 aliphatic heterocycles. The lowest BCUT2D eigenvalue weighted by atomic mass is 10.2. The van der Waals surface area contributed by atoms with Gasteiger partial charge in [-0.1, -0.05) is 13.8 Å². The molecule has 5 heteroatoms. The Balaban J connectivity index is 4.46. The fraction of sp³-hybridized carbons (Fsp3) is 0.636. The van der Waals surface area contributed by atoms with Gasteiger partial charge in [-0.15, -0.1) is 0 Å². The third-order valence-corrected chi connectivity index (χ3v) is 2.73. The van der Waals surface area contributed by atoms with E-state index in [1.54, 1.807) is 0 Å². The SMILES string of the molecule is CC(C)NC(=O)/C=C(/CSC(C)C)C(=O)O. The second-order valence-electron chi connectivity index (χ2n) is 4.00. The van der Waals surface area contributed by atoms with Crippen molar-refractivity contribution in [2.75, 3.05) is 5.75 Å². The van der Waals surface area contributed by atoms with Gasteiger partial charge in [-0.3, -0.25) is 4.79 Å². The van der Waals surface area contributed by atoms with E-state index in [0.29, 0.717) is 11.0 Å². The summed E-state index contributed by atoms with van der Waals surface area (Å²) in [4.78, 5) is 22.2. The number of hydrogen-bond donors (Lipinski definition) is 2. The quantitative estimate of drug-likeness (QED) is 0.698. The van der Waals surface area contributed by atoms with E-state index in [4.69, 9.17) is 5.11 Å². The maximum absolute atomic E-state index is 11.4. The van der Waals surface area contributed by atoms with Gasteiger partial charge in [-0.2, -0.15) is 11.8 Å². The van der Waals surface area contributed by atoms with Gasteiger partial charge in [-0.25, -0.2) is 4.79 Å². The number of carbonyl (C=O) groups is 2. The van der Waals surface area contributed by atoms with Crippen LogP contribution < -0.4 is 5.32 Å². The van der Waals surface area contributed by atoms with Crippen LogP contribution in [0.25, 0.3) is 0 Å². The van der Waals surface area contributed by atoms with Gasteiger partial charge < -0.3 is 10.4 Å². The van der Waals surface area contributed by atoms with Gasteiger partial charge in [0.05, 0.1) is 5.57 Å². The topological polar surface area (TPSA) is 66.4 Å². The molecule has 0 atom stereocenters. The minimum absolute atomic E-state index is 0.0107. The Morgan fingerprint density at radius 2 is 1.88 bits per heavy atom. The van der Waals surface area contributed by atoms with E-state index in [1.807, 2.05) is 27.7 Å². The number of thioether (sulfide) groups is 1. The Bertz CT molecular complexity index is 285. The smallest absolute Gasteiger partial charge is 0.332 e. The van der Waals surface area contributed by atoms with Gasteiger partial charge in [0, 0.05) is 17.9 Å². The maximum Gasteiger partial charge on any atom is 0.332 e. The summed E-state index contributed by atoms with van der Waals surface area (Å²) in [5.74, 6) is -1.04. The first-order chi connectivity index (χ1) is 7.32. The van der Waals surface area contributed by atoms with Crippen molar-refractivity contribution in [2.45, 2.75) is 39.0 Å². The highest BCUT2D eigenvalue weighted by Gasteiger charge is 2.11. The van der Waals surface area contributed by atoms with Crippen LogP contribution in [0.2, 0.25) is 0 Å². The molecule has 1 amide bonds. The second-order valence-corrected chi connectivity index (χ2v) is 5.56. The van der Waals surface area contributed by atoms with Gasteiger partial charge in [0.15, 0.2) is 0 Å². The van der Waals surface area contributed by atoms with E-state index < -0.39 is 5.97 Å². The summed E-state index contributed by atoms with van der Waals surface area (Å²) >= 11 is 1.50. The predicted octanol–water partition coefficient (Wildman–Crippen LogP) is 1.66. The summed E-state index contributed by atoms with van der Waals surface area (Å²) in [6.45, 7) is 7.63. The van der Waals surface area contributed by atoms with Crippen LogP contribution in [0.3, 0.4) is 0 Å². The van der Waals surface area contributed by atoms with E-state index in [1.165, 1.54) is 11.8 Å². The van der Waals surface area contributed by atoms with Crippen molar-refractivity contribution >= 4 is 23.6 Å². The monoisotopic (exact) mass is 245 g/mol. The minimum Gasteiger partial charge on any atom is -0.478 e. The van der Waals surface area contributed by atoms with Crippen LogP contribution in [0.4, 0.5) is 0 Å². The van der Waals surface area contributed by atoms with Gasteiger partial charge in [0.1, 0.15) is 0 Å². The number of hydrogen-bond acceptors (Lipinski definition) is 3. The molecule has 0 aromatic rings. The highest BCUT2D eigenvalue weighted by atomic mass is 32.2. The fourth-order valence-corrected chi connectivity index (χ4v) is 1.63. The number of rotatable bonds is 6. The Hall–Kier alpha value is -0.970. The van der Waals surface area contributed by atoms with Crippen molar-refractivity contribution in [1.82, 2.24) is 5.32 Å². The number of aliphatic carboxylic acids is 1. The third kappa shape index (κ3) is 7.34. The summed E-state index contributed by atoms with van der Waals surface area (Å²) in [7, 11) is 0. The second kappa shape index (κ2) is 7.33. The molecule has 0 fully saturated rings. The van der Waals surface area contributed by atoms with Crippen molar-refractivity contribution in [3.63, 3.8) is 0 Å². The first-order valence-electron chi connectivity index (χ1n) is 5.19. The molecule has 0 saturated heterocycles. The average Bonchev–Trinajstić information content (AvgIpc) is 2.09. The molecule has 0 aliphatic carbocycles. The van der Waals surface area contributed by atoms with E-state index in [-0.39, 0.29) is 17.5 Å². The maximum atomic E-state index is 11.4. The first-order valence-corrected chi connectivity index (χ1v) is 6.23. The molecule has 0 aromatic heterocycles. The lowest BCUT2D eigenvalue weighted by Crippen LogP contribution is -2.29. The minimum atomic E-state index is -1.04. The van der Waals surface area contributed by atoms with Crippen LogP contribution in [-0.2, 0) is 9.59 Å². The van der Waals surface area contributed by atoms with Crippen LogP contribution in [-0.4, -0.2) is 34.0 Å². The van der Waals surface area contributed by atoms with E-state index >= 15 is 0 Å². The Labute approximate surface area is 100 Å². The molecule has 0 rings (SSSR count). The van der Waals surface area contributed by atoms with E-state index in [9.17, 15) is 9.59 Å². The highest BCUT2D eigenvalue weighted by molar-refractivity contribution is 8.00. The Morgan fingerprint density at radius 1 is 1.31 bits per heavy atom. The zero-order valence-electron chi connectivity index (χ0n) is 10.1. The molecule has 0 bridgehead atoms. The summed E-state index contributed by atoms with van der Waals surface area (Å²) in [6.07, 6.45) is 1.16. The molecular weight excluding hydrogens is 226 g/mol. The zero-order valence-corrected chi connectivity index (χ0v) is 10.9. The number of carboxylic acids is 1. The third-order valence-electron chi connectivity index (χ3n) is 1.58. The number of carbonyl (C=O) groups excluding carboxylic acids is 1. The molecule has 4 nitrogen and oxygen atoms in total. The molecule has 0 aromatic carbocycles. The molecule has 92 valence electrons. The Morgan fingerprint density at radius 3 is 2.25 bits per heavy atom. The fourth-order valence-electron chi connectivity index (χ4n) is 0.906. The molecular formula is C11H19NO3S. The number of nitrogens with one attached hydrogen (secondary N) is 1. The number of amides is 1. The molecule has 0 spiro atoms. The van der Waals surface area contributed by atoms with Crippen LogP contribution in [0.1, 0.15) is 27.7 Å². The van der Waals surface area contributed by atoms with Crippen molar-refractivity contribution < 1.29 is 14.7 Å². The normalized spacial score (nSPS) is 12.0. The standard InChI is InChI=1S/C11H19NO3S/c1-7(2)12-10(13)5-9(11(14)15)6-16-8(3)4/h5,7-8H,6H2,1-4H3,(H,12,13)(H,14,15)/b9-5-. The average molecular weight is 245 g/mol. The van der Waals surface area contributed by atoms with E-state index in [2.05, 4.69) is 5.32 Å². The van der Waals surface area contributed by atoms with Crippen molar-refractivity contribution in [2.24, 2.45) is 0 Å². The summed E-state index contributed by atoms with van der Waals surface area (Å²) < 4.78 is 0. The molecule has 0 unspecified atom stereocenters. The van der Waals surface area contributed by atoms with Crippen LogP contribution in [0, 0.1) is 0 Å². The lowest BCUT2D eigenvalue weighted by molar-refractivity contribution is -0.132. The lowest BCUT2D eigenvalue weighted by Gasteiger charge is -2.07. The van der Waals surface area contributed by atoms with Crippen molar-refractivity contribution in [1.29, 1.82) is 0 Å². The molecule has 0 saturated carbocycles. The molecule has 0 aliphatic rings. The molecule has 0 heterocycles. The van der Waals surface area contributed by atoms with Gasteiger partial charge >= 0.3 is 5.97 Å². The van der Waals surface area contributed by atoms with Gasteiger partial charge in [0.25, 0.3) is 0 Å². The summed E-state index contributed by atoms with van der Waals surface area (Å²) in [5.41, 5.74) is 0.136. The Kier molecular flexibility index (Phi) is 6.88. The number of carboxylic acid groups (broad SMARTS) is 1. The molecule has 2 N–H and O–H groups in total. The molecule has 0 radical (unpaired) electrons. The highest BCUT2D eigenvalue weighted by Crippen LogP contribution is 2.13. The zero-order chi connectivity index (χ0) is 12.7. The van der Waals surface area contributed by atoms with Crippen LogP contribution >= 0.6 is 11.8 Å². The summed E-state index contributed by atoms with van der Waals surface area (Å²) in [6, 6.07) is 0.0107. The van der Waals surface area contributed by atoms with Gasteiger partial charge in [-0.05, 0) is 19.1 Å². The summed E-state index contributed by atoms with van der Waals surface area (Å²) in [5, 5.41) is 11.9. The van der Waals surface area contributed by atoms with Crippen molar-refractivity contribution in [3.8, 4) is 0 Å². The van der Waals surface area contributed by atoms with Crippen LogP contribution in [0.15, 0.2) is 11.6 Å². The van der Waals surface area contributed by atoms with Crippen LogP contribution in [0.5, 0.6) is 0 Å². The van der Waals surface area contributed by atoms with Crippen molar-refractivity contribution in [3.05, 3.63) is 11.6 Å². The van der Waals surface area contributed by atoms with Gasteiger partial charge in [0.2, 0.25) is 5.91 Å². The predicted molar refractivity (Wildman–Crippen MR) is 66.6 cm³/mol. The largest absolute Gasteiger partial charge is 0.478 e. The first kappa shape index (κ1) is 15.0. The van der Waals surface area contributed by atoms with E-state index in [0.717, 1.165) is 6.08 Å².